The highest BCUT2D eigenvalue weighted by Gasteiger charge is 2.27. The number of benzene rings is 9. The van der Waals surface area contributed by atoms with Crippen molar-refractivity contribution in [2.75, 3.05) is 0 Å². The highest BCUT2D eigenvalue weighted by molar-refractivity contribution is 6.12. The minimum Gasteiger partial charge on any atom is -0.309 e. The average Bonchev–Trinajstić information content (AvgIpc) is 4.15. The molecule has 6 heteroatoms. The smallest absolute Gasteiger partial charge is 0.187 e. The van der Waals surface area contributed by atoms with Gasteiger partial charge in [-0.05, 0) is 140 Å². The Bertz CT molecular complexity index is 4240. The van der Waals surface area contributed by atoms with E-state index in [1.54, 1.807) is 0 Å². The molecule has 0 radical (unpaired) electrons. The summed E-state index contributed by atoms with van der Waals surface area (Å²) >= 11 is 0. The minimum absolute atomic E-state index is 0.0638. The summed E-state index contributed by atoms with van der Waals surface area (Å²) in [4.78, 5) is 19.6. The molecule has 12 aromatic rings. The predicted molar refractivity (Wildman–Crippen MR) is 337 cm³/mol. The van der Waals surface area contributed by atoms with Gasteiger partial charge in [0.05, 0.1) is 40.0 Å². The van der Waals surface area contributed by atoms with Crippen molar-refractivity contribution in [3.8, 4) is 67.8 Å². The van der Waals surface area contributed by atoms with Gasteiger partial charge in [-0.2, -0.15) is 0 Å². The molecule has 0 aliphatic carbocycles. The number of hydrogen-bond donors (Lipinski definition) is 0. The standard InChI is InChI=1S/C74H68N6/c1-71(2,3)51-29-35-64-58(42-51)59-43-52(72(4,5)6)30-36-65(59)79(64)62-33-27-49(48-25-20-26-55(39-48)75-13)40-56(62)57-41-50(70-77-68(46-21-16-14-17-22-46)76-69(78-70)47-23-18-15-19-24-47)28-34-63(57)80-66-37-31-53(73(7,8)9)44-60(66)61-45-54(74(10,11)12)32-38-67(61)80/h14-45H,1-12H3. The van der Waals surface area contributed by atoms with E-state index in [9.17, 15) is 0 Å². The second kappa shape index (κ2) is 19.2. The van der Waals surface area contributed by atoms with Crippen molar-refractivity contribution >= 4 is 49.3 Å². The third kappa shape index (κ3) is 9.35. The molecule has 12 rings (SSSR count). The zero-order chi connectivity index (χ0) is 56.0. The van der Waals surface area contributed by atoms with Crippen LogP contribution in [-0.2, 0) is 21.7 Å². The molecular weight excluding hydrogens is 973 g/mol. The fraction of sp³-hybridized carbons (Fsp3) is 0.216. The monoisotopic (exact) mass is 1040 g/mol. The van der Waals surface area contributed by atoms with Gasteiger partial charge in [-0.3, -0.25) is 0 Å². The van der Waals surface area contributed by atoms with Crippen molar-refractivity contribution in [1.29, 1.82) is 0 Å². The SMILES string of the molecule is [C-]#[N+]c1cccc(-c2ccc(-n3c4ccc(C(C)(C)C)cc4c4cc(C(C)(C)C)ccc43)c(-c3cc(-c4nc(-c5ccccc5)nc(-c5ccccc5)n4)ccc3-n3c4ccc(C(C)(C)C)cc4c4cc(C(C)(C)C)ccc43)c2)c1. The van der Waals surface area contributed by atoms with Gasteiger partial charge in [-0.15, -0.1) is 0 Å². The first-order valence-corrected chi connectivity index (χ1v) is 28.0. The first-order valence-electron chi connectivity index (χ1n) is 28.0. The summed E-state index contributed by atoms with van der Waals surface area (Å²) < 4.78 is 4.96. The lowest BCUT2D eigenvalue weighted by atomic mass is 9.85. The van der Waals surface area contributed by atoms with Gasteiger partial charge in [0, 0.05) is 49.4 Å². The first kappa shape index (κ1) is 51.8. The normalized spacial score (nSPS) is 12.5. The molecule has 6 nitrogen and oxygen atoms in total. The molecule has 3 heterocycles. The molecule has 0 spiro atoms. The van der Waals surface area contributed by atoms with Crippen LogP contribution in [0.1, 0.15) is 105 Å². The fourth-order valence-electron chi connectivity index (χ4n) is 11.3. The van der Waals surface area contributed by atoms with Crippen molar-refractivity contribution in [3.05, 3.63) is 228 Å². The fourth-order valence-corrected chi connectivity index (χ4v) is 11.3. The van der Waals surface area contributed by atoms with Crippen LogP contribution in [0.25, 0.3) is 116 Å². The zero-order valence-corrected chi connectivity index (χ0v) is 48.2. The van der Waals surface area contributed by atoms with Crippen LogP contribution in [-0.4, -0.2) is 24.1 Å². The lowest BCUT2D eigenvalue weighted by Crippen LogP contribution is -2.10. The van der Waals surface area contributed by atoms with Crippen molar-refractivity contribution in [2.24, 2.45) is 0 Å². The van der Waals surface area contributed by atoms with E-state index in [4.69, 9.17) is 21.5 Å². The zero-order valence-electron chi connectivity index (χ0n) is 48.2. The van der Waals surface area contributed by atoms with Crippen molar-refractivity contribution < 1.29 is 0 Å². The lowest BCUT2D eigenvalue weighted by Gasteiger charge is -2.22. The molecule has 0 amide bonds. The highest BCUT2D eigenvalue weighted by Crippen LogP contribution is 2.46. The van der Waals surface area contributed by atoms with E-state index in [2.05, 4.69) is 237 Å². The summed E-state index contributed by atoms with van der Waals surface area (Å²) in [5, 5.41) is 4.85. The van der Waals surface area contributed by atoms with Crippen molar-refractivity contribution in [1.82, 2.24) is 24.1 Å². The summed E-state index contributed by atoms with van der Waals surface area (Å²) in [5.41, 5.74) is 18.6. The molecule has 0 unspecified atom stereocenters. The highest BCUT2D eigenvalue weighted by atomic mass is 15.0. The molecule has 0 saturated heterocycles. The molecule has 0 aliphatic heterocycles. The minimum atomic E-state index is -0.0672. The van der Waals surface area contributed by atoms with E-state index in [1.165, 1.54) is 43.8 Å². The topological polar surface area (TPSA) is 52.9 Å². The van der Waals surface area contributed by atoms with Gasteiger partial charge < -0.3 is 9.13 Å². The number of aromatic nitrogens is 5. The van der Waals surface area contributed by atoms with Gasteiger partial charge in [-0.1, -0.05) is 192 Å². The number of fused-ring (bicyclic) bond motifs is 6. The molecule has 3 aromatic heterocycles. The third-order valence-electron chi connectivity index (χ3n) is 16.0. The lowest BCUT2D eigenvalue weighted by molar-refractivity contribution is 0.590. The molecule has 0 N–H and O–H groups in total. The van der Waals surface area contributed by atoms with Crippen LogP contribution >= 0.6 is 0 Å². The molecular formula is C74H68N6. The predicted octanol–water partition coefficient (Wildman–Crippen LogP) is 20.1. The van der Waals surface area contributed by atoms with E-state index in [0.717, 1.165) is 72.4 Å². The number of hydrogen-bond acceptors (Lipinski definition) is 3. The molecule has 80 heavy (non-hydrogen) atoms. The van der Waals surface area contributed by atoms with Crippen molar-refractivity contribution in [3.63, 3.8) is 0 Å². The van der Waals surface area contributed by atoms with Crippen LogP contribution in [0.4, 0.5) is 5.69 Å². The Balaban J connectivity index is 1.24. The van der Waals surface area contributed by atoms with Crippen LogP contribution in [0.15, 0.2) is 194 Å². The Hall–Kier alpha value is -8.92. The van der Waals surface area contributed by atoms with E-state index in [1.807, 2.05) is 54.6 Å². The molecule has 0 fully saturated rings. The largest absolute Gasteiger partial charge is 0.309 e. The molecule has 9 aromatic carbocycles. The van der Waals surface area contributed by atoms with E-state index < -0.39 is 0 Å². The maximum atomic E-state index is 8.05. The average molecular weight is 1040 g/mol. The van der Waals surface area contributed by atoms with Crippen molar-refractivity contribution in [2.45, 2.75) is 105 Å². The summed E-state index contributed by atoms with van der Waals surface area (Å²) in [6.45, 7) is 35.6. The van der Waals surface area contributed by atoms with Crippen LogP contribution in [0.3, 0.4) is 0 Å². The summed E-state index contributed by atoms with van der Waals surface area (Å²) in [7, 11) is 0. The van der Waals surface area contributed by atoms with Gasteiger partial charge in [0.2, 0.25) is 0 Å². The second-order valence-electron chi connectivity index (χ2n) is 25.8. The van der Waals surface area contributed by atoms with E-state index in [0.29, 0.717) is 23.2 Å². The van der Waals surface area contributed by atoms with Gasteiger partial charge >= 0.3 is 0 Å². The van der Waals surface area contributed by atoms with Crippen LogP contribution in [0.2, 0.25) is 0 Å². The molecule has 394 valence electrons. The summed E-state index contributed by atoms with van der Waals surface area (Å²) in [5.74, 6) is 1.77. The quantitative estimate of drug-likeness (QED) is 0.150. The maximum absolute atomic E-state index is 8.05. The van der Waals surface area contributed by atoms with Gasteiger partial charge in [-0.25, -0.2) is 19.8 Å². The van der Waals surface area contributed by atoms with Crippen LogP contribution < -0.4 is 0 Å². The Morgan fingerprint density at radius 2 is 0.637 bits per heavy atom. The summed E-state index contributed by atoms with van der Waals surface area (Å²) in [6, 6.07) is 70.2. The Morgan fingerprint density at radius 3 is 1.00 bits per heavy atom. The molecule has 0 aliphatic rings. The Kier molecular flexibility index (Phi) is 12.4. The van der Waals surface area contributed by atoms with Crippen LogP contribution in [0.5, 0.6) is 0 Å². The van der Waals surface area contributed by atoms with Gasteiger partial charge in [0.15, 0.2) is 23.2 Å². The van der Waals surface area contributed by atoms with E-state index >= 15 is 0 Å². The maximum Gasteiger partial charge on any atom is 0.187 e. The Labute approximate surface area is 471 Å². The Morgan fingerprint density at radius 1 is 0.312 bits per heavy atom. The first-order chi connectivity index (χ1) is 38.1. The number of nitrogens with zero attached hydrogens (tertiary/aromatic N) is 6. The van der Waals surface area contributed by atoms with Gasteiger partial charge in [0.25, 0.3) is 0 Å². The third-order valence-corrected chi connectivity index (χ3v) is 16.0. The molecule has 0 bridgehead atoms. The number of rotatable bonds is 7. The van der Waals surface area contributed by atoms with Crippen LogP contribution in [0, 0.1) is 6.57 Å². The summed E-state index contributed by atoms with van der Waals surface area (Å²) in [6.07, 6.45) is 0. The van der Waals surface area contributed by atoms with E-state index in [-0.39, 0.29) is 21.7 Å². The van der Waals surface area contributed by atoms with Gasteiger partial charge in [0.1, 0.15) is 0 Å². The second-order valence-corrected chi connectivity index (χ2v) is 25.8. The molecule has 0 atom stereocenters. The molecule has 0 saturated carbocycles.